The molecular weight excluding hydrogens is 1390 g/mol. The Labute approximate surface area is 600 Å². The lowest BCUT2D eigenvalue weighted by atomic mass is 9.82. The Morgan fingerprint density at radius 2 is 1.14 bits per heavy atom. The predicted molar refractivity (Wildman–Crippen MR) is 380 cm³/mol. The number of rotatable bonds is 29. The SMILES string of the molecule is COc1ccc(C[C@@H]2NC(=O)[C@H](CC(=O)O)NC(=O)CNC(=O)[C@H](CCCN=C(N)N)NC(=O)[C@H](Cc3cnc[nH]3)NC(=O)[C@H](CO)NC(=O)C(NC(=O)[C@@H](N)CCCN=C(N)N)C3(CCCCC3)SSC[C@@H](C(=O)N[C@@H](CCCN=C(N)N)C(=O)O)NC(=O)[C@H](CCCN=C(N)N)NC2=O)cc1. The van der Waals surface area contributed by atoms with Crippen molar-refractivity contribution >= 4 is 116 Å². The molecule has 4 rings (SSSR count). The third-order valence-electron chi connectivity index (χ3n) is 16.0. The molecule has 2 aliphatic rings. The highest BCUT2D eigenvalue weighted by molar-refractivity contribution is 8.77. The van der Waals surface area contributed by atoms with Gasteiger partial charge in [-0.15, -0.1) is 0 Å². The van der Waals surface area contributed by atoms with Gasteiger partial charge >= 0.3 is 11.9 Å². The van der Waals surface area contributed by atoms with Crippen molar-refractivity contribution in [2.75, 3.05) is 52.2 Å². The first kappa shape index (κ1) is 85.0. The van der Waals surface area contributed by atoms with E-state index in [1.165, 1.54) is 43.9 Å². The summed E-state index contributed by atoms with van der Waals surface area (Å²) in [5.41, 5.74) is 51.4. The third kappa shape index (κ3) is 30.7. The second kappa shape index (κ2) is 44.1. The van der Waals surface area contributed by atoms with Gasteiger partial charge in [-0.05, 0) is 81.9 Å². The summed E-state index contributed by atoms with van der Waals surface area (Å²) in [5, 5.41) is 56.4. The smallest absolute Gasteiger partial charge is 0.326 e. The van der Waals surface area contributed by atoms with Crippen LogP contribution in [0, 0.1) is 0 Å². The van der Waals surface area contributed by atoms with Crippen molar-refractivity contribution in [1.82, 2.24) is 63.1 Å². The zero-order valence-corrected chi connectivity index (χ0v) is 58.5. The number of hydrogen-bond donors (Lipinski definition) is 23. The fraction of sp³-hybridized carbons (Fsp3) is 0.583. The number of methoxy groups -OCH3 is 1. The number of H-pyrrole nitrogens is 1. The molecule has 2 heterocycles. The fourth-order valence-corrected chi connectivity index (χ4v) is 14.1. The lowest BCUT2D eigenvalue weighted by molar-refractivity contribution is -0.142. The molecule has 0 radical (unpaired) electrons. The molecule has 0 bridgehead atoms. The van der Waals surface area contributed by atoms with Crippen LogP contribution in [-0.4, -0.2) is 237 Å². The minimum Gasteiger partial charge on any atom is -0.497 e. The van der Waals surface area contributed by atoms with Gasteiger partial charge < -0.3 is 130 Å². The number of nitrogens with zero attached hydrogens (tertiary/aromatic N) is 5. The highest BCUT2D eigenvalue weighted by atomic mass is 33.1. The minimum atomic E-state index is -1.97. The molecule has 41 nitrogen and oxygen atoms in total. The van der Waals surface area contributed by atoms with Gasteiger partial charge in [0, 0.05) is 56.7 Å². The lowest BCUT2D eigenvalue weighted by Crippen LogP contribution is -2.64. The van der Waals surface area contributed by atoms with Gasteiger partial charge in [0.1, 0.15) is 60.1 Å². The second-order valence-corrected chi connectivity index (χ2v) is 26.8. The molecule has 103 heavy (non-hydrogen) atoms. The van der Waals surface area contributed by atoms with E-state index < -0.39 is 162 Å². The zero-order chi connectivity index (χ0) is 76.2. The molecule has 2 aromatic rings. The average molecular weight is 1490 g/mol. The maximum absolute atomic E-state index is 15.3. The van der Waals surface area contributed by atoms with Crippen LogP contribution in [0.25, 0.3) is 0 Å². The monoisotopic (exact) mass is 1490 g/mol. The fourth-order valence-electron chi connectivity index (χ4n) is 10.6. The molecular formula is C60H97N25O16S2. The molecule has 43 heteroatoms. The molecule has 1 saturated heterocycles. The molecule has 1 saturated carbocycles. The number of amides is 10. The highest BCUT2D eigenvalue weighted by Gasteiger charge is 2.48. The molecule has 570 valence electrons. The van der Waals surface area contributed by atoms with Gasteiger partial charge in [0.25, 0.3) is 0 Å². The van der Waals surface area contributed by atoms with Gasteiger partial charge in [-0.25, -0.2) is 9.78 Å². The van der Waals surface area contributed by atoms with Gasteiger partial charge in [0.2, 0.25) is 59.1 Å². The second-order valence-electron chi connectivity index (χ2n) is 24.1. The van der Waals surface area contributed by atoms with Gasteiger partial charge in [0.15, 0.2) is 23.8 Å². The van der Waals surface area contributed by atoms with Gasteiger partial charge in [-0.1, -0.05) is 53.0 Å². The summed E-state index contributed by atoms with van der Waals surface area (Å²) in [7, 11) is 3.29. The van der Waals surface area contributed by atoms with Crippen molar-refractivity contribution < 1.29 is 77.6 Å². The summed E-state index contributed by atoms with van der Waals surface area (Å²) in [6, 6.07) is -10.6. The van der Waals surface area contributed by atoms with Crippen LogP contribution < -0.4 is 110 Å². The number of benzene rings is 1. The van der Waals surface area contributed by atoms with Crippen molar-refractivity contribution in [3.8, 4) is 5.75 Å². The van der Waals surface area contributed by atoms with Crippen LogP contribution in [0.15, 0.2) is 56.8 Å². The number of carboxylic acids is 2. The highest BCUT2D eigenvalue weighted by Crippen LogP contribution is 2.48. The van der Waals surface area contributed by atoms with E-state index in [0.717, 1.165) is 21.6 Å². The molecule has 10 atom stereocenters. The van der Waals surface area contributed by atoms with Crippen molar-refractivity contribution in [2.24, 2.45) is 71.6 Å². The van der Waals surface area contributed by atoms with Crippen LogP contribution in [0.2, 0.25) is 0 Å². The Morgan fingerprint density at radius 1 is 0.631 bits per heavy atom. The molecule has 10 amide bonds. The summed E-state index contributed by atoms with van der Waals surface area (Å²) in [4.78, 5) is 193. The number of carbonyl (C=O) groups excluding carboxylic acids is 10. The molecule has 1 aromatic carbocycles. The topological polar surface area (TPSA) is 707 Å². The summed E-state index contributed by atoms with van der Waals surface area (Å²) in [5.74, 6) is -15.1. The Kier molecular flexibility index (Phi) is 36.4. The number of aliphatic carboxylic acids is 2. The van der Waals surface area contributed by atoms with Crippen molar-refractivity contribution in [1.29, 1.82) is 0 Å². The first-order valence-corrected chi connectivity index (χ1v) is 35.2. The van der Waals surface area contributed by atoms with Gasteiger partial charge in [0.05, 0.1) is 43.8 Å². The number of imidazole rings is 1. The summed E-state index contributed by atoms with van der Waals surface area (Å²) in [6.07, 6.45) is 1.95. The quantitative estimate of drug-likeness (QED) is 0.0156. The number of guanidine groups is 4. The first-order chi connectivity index (χ1) is 48.9. The molecule has 1 aliphatic heterocycles. The van der Waals surface area contributed by atoms with Gasteiger partial charge in [-0.3, -0.25) is 72.7 Å². The van der Waals surface area contributed by atoms with E-state index in [4.69, 9.17) is 56.3 Å². The standard InChI is InChI=1S/C60H97N25O16S2/c1-101-33-15-13-31(14-16-33)23-38-49(93)79-36(11-7-21-73-58(66)67)48(92)84-42(53(97)80-37(55(99)100)12-8-22-74-59(68)69)29-102-103-60(17-3-2-4-18-60)45(85-46(90)34(61)9-5-19-71-56(62)63)54(98)83-41(28-86)52(96)82-39(24-32-26-70-30-76-32)50(94)78-35(10-6-20-72-57(64)65)47(91)75-27-43(87)77-40(25-44(88)89)51(95)81-38/h13-16,26,30,34-42,45,86H,2-12,17-25,27-29,61H2,1H3,(H,70,76)(H,75,91)(H,77,87)(H,78,94)(H,79,93)(H,80,97)(H,81,95)(H,82,96)(H,83,98)(H,84,92)(H,85,90)(H,88,89)(H,99,100)(H4,62,63,71)(H4,64,65,72)(H4,66,67,73)(H4,68,69,74)/t34-,35-,36-,37-,38-,39-,40-,41-,42-,45?/m0/s1. The number of carbonyl (C=O) groups is 12. The number of aromatic nitrogens is 2. The number of aliphatic hydroxyl groups excluding tert-OH is 1. The maximum Gasteiger partial charge on any atom is 0.326 e. The summed E-state index contributed by atoms with van der Waals surface area (Å²) in [6.45, 7) is -2.26. The minimum absolute atomic E-state index is 0.00944. The van der Waals surface area contributed by atoms with Crippen LogP contribution in [0.5, 0.6) is 5.75 Å². The number of aliphatic hydroxyl groups is 1. The Hall–Kier alpha value is -10.4. The van der Waals surface area contributed by atoms with Crippen LogP contribution in [-0.2, 0) is 70.4 Å². The zero-order valence-electron chi connectivity index (χ0n) is 56.9. The van der Waals surface area contributed by atoms with Crippen LogP contribution in [0.1, 0.15) is 101 Å². The van der Waals surface area contributed by atoms with Gasteiger partial charge in [-0.2, -0.15) is 0 Å². The molecule has 1 unspecified atom stereocenters. The van der Waals surface area contributed by atoms with Crippen molar-refractivity contribution in [2.45, 2.75) is 168 Å². The van der Waals surface area contributed by atoms with Crippen molar-refractivity contribution in [3.63, 3.8) is 0 Å². The number of aromatic amines is 1. The van der Waals surface area contributed by atoms with Crippen LogP contribution in [0.3, 0.4) is 0 Å². The molecule has 1 aromatic heterocycles. The van der Waals surface area contributed by atoms with Crippen LogP contribution in [0.4, 0.5) is 0 Å². The Balaban J connectivity index is 1.98. The average Bonchev–Trinajstić information content (AvgIpc) is 1.76. The third-order valence-corrected chi connectivity index (χ3v) is 19.3. The Morgan fingerprint density at radius 3 is 1.66 bits per heavy atom. The number of aliphatic imine (C=N–C) groups is 4. The molecule has 1 aliphatic carbocycles. The summed E-state index contributed by atoms with van der Waals surface area (Å²) < 4.78 is 3.88. The predicted octanol–water partition coefficient (Wildman–Crippen LogP) is -8.13. The number of ether oxygens (including phenoxy) is 1. The number of nitrogens with one attached hydrogen (secondary N) is 11. The lowest BCUT2D eigenvalue weighted by Gasteiger charge is -2.42. The van der Waals surface area contributed by atoms with E-state index in [0.29, 0.717) is 30.6 Å². The number of carboxylic acid groups (broad SMARTS) is 2. The number of nitrogens with two attached hydrogens (primary N) is 9. The molecule has 1 spiro atoms. The van der Waals surface area contributed by atoms with E-state index in [2.05, 4.69) is 83.1 Å². The Bertz CT molecular complexity index is 3310. The van der Waals surface area contributed by atoms with E-state index in [1.54, 1.807) is 0 Å². The first-order valence-electron chi connectivity index (χ1n) is 32.9. The van der Waals surface area contributed by atoms with E-state index in [9.17, 15) is 63.3 Å². The molecule has 32 N–H and O–H groups in total. The van der Waals surface area contributed by atoms with E-state index >= 15 is 9.59 Å². The normalized spacial score (nSPS) is 22.0. The summed E-state index contributed by atoms with van der Waals surface area (Å²) >= 11 is 0. The molecule has 2 fully saturated rings. The maximum atomic E-state index is 15.3. The van der Waals surface area contributed by atoms with Crippen LogP contribution >= 0.6 is 21.6 Å². The van der Waals surface area contributed by atoms with Crippen molar-refractivity contribution in [3.05, 3.63) is 48.0 Å². The van der Waals surface area contributed by atoms with E-state index in [-0.39, 0.29) is 133 Å². The number of hydrogen-bond acceptors (Lipinski definition) is 22. The van der Waals surface area contributed by atoms with E-state index in [1.807, 2.05) is 0 Å². The largest absolute Gasteiger partial charge is 0.497 e.